The number of hydrogen-bond donors (Lipinski definition) is 0. The molecule has 0 saturated heterocycles. The fourth-order valence-electron chi connectivity index (χ4n) is 9.10. The quantitative estimate of drug-likeness (QED) is 0.143. The average Bonchev–Trinajstić information content (AvgIpc) is 3.84. The minimum Gasteiger partial charge on any atom is -0.493 e. The van der Waals surface area contributed by atoms with Crippen LogP contribution in [-0.2, 0) is 19.5 Å². The van der Waals surface area contributed by atoms with Crippen LogP contribution in [0.15, 0.2) is 116 Å². The molecule has 10 rings (SSSR count). The van der Waals surface area contributed by atoms with Gasteiger partial charge in [-0.25, -0.2) is 9.97 Å². The van der Waals surface area contributed by atoms with Crippen molar-refractivity contribution in [2.45, 2.75) is 39.3 Å². The molecular formula is C50H44N6O4. The highest BCUT2D eigenvalue weighted by molar-refractivity contribution is 5.87. The number of hydrogen-bond acceptors (Lipinski definition) is 8. The molecule has 10 heteroatoms. The first-order valence-corrected chi connectivity index (χ1v) is 20.1. The van der Waals surface area contributed by atoms with Crippen molar-refractivity contribution in [3.05, 3.63) is 144 Å². The molecule has 298 valence electrons. The number of methoxy groups -OCH3 is 4. The van der Waals surface area contributed by atoms with Gasteiger partial charge in [0.25, 0.3) is 0 Å². The molecule has 2 aliphatic rings. The zero-order valence-corrected chi connectivity index (χ0v) is 34.5. The van der Waals surface area contributed by atoms with E-state index in [0.29, 0.717) is 23.8 Å². The Bertz CT molecular complexity index is 2930. The largest absolute Gasteiger partial charge is 0.493 e. The van der Waals surface area contributed by atoms with E-state index >= 15 is 0 Å². The van der Waals surface area contributed by atoms with Gasteiger partial charge in [0.05, 0.1) is 51.2 Å². The van der Waals surface area contributed by atoms with Gasteiger partial charge in [-0.1, -0.05) is 42.5 Å². The summed E-state index contributed by atoms with van der Waals surface area (Å²) in [6.07, 6.45) is 6.53. The van der Waals surface area contributed by atoms with E-state index in [2.05, 4.69) is 113 Å². The molecular weight excluding hydrogens is 749 g/mol. The molecule has 0 bridgehead atoms. The summed E-state index contributed by atoms with van der Waals surface area (Å²) in [5.74, 6) is 4.65. The molecule has 0 aliphatic carbocycles. The topological polar surface area (TPSA) is 98.3 Å². The van der Waals surface area contributed by atoms with Gasteiger partial charge in [0.15, 0.2) is 23.0 Å². The van der Waals surface area contributed by atoms with Gasteiger partial charge >= 0.3 is 0 Å². The summed E-state index contributed by atoms with van der Waals surface area (Å²) in [5, 5.41) is 0. The maximum Gasteiger partial charge on any atom is 0.161 e. The van der Waals surface area contributed by atoms with E-state index in [1.54, 1.807) is 28.4 Å². The van der Waals surface area contributed by atoms with Crippen LogP contribution in [0.25, 0.3) is 67.3 Å². The molecule has 4 aromatic heterocycles. The Hall–Kier alpha value is -7.20. The molecule has 0 saturated carbocycles. The lowest BCUT2D eigenvalue weighted by atomic mass is 9.85. The first-order valence-electron chi connectivity index (χ1n) is 20.1. The molecule has 1 atom stereocenters. The number of ether oxygens (including phenoxy) is 4. The zero-order valence-electron chi connectivity index (χ0n) is 34.5. The first kappa shape index (κ1) is 37.1. The van der Waals surface area contributed by atoms with E-state index in [0.717, 1.165) is 109 Å². The van der Waals surface area contributed by atoms with Gasteiger partial charge in [-0.05, 0) is 103 Å². The lowest BCUT2D eigenvalue weighted by molar-refractivity contribution is 0.354. The summed E-state index contributed by atoms with van der Waals surface area (Å²) in [5.41, 5.74) is 15.9. The van der Waals surface area contributed by atoms with Crippen LogP contribution in [0.2, 0.25) is 0 Å². The standard InChI is InChI=1S/C50H44N6O4/c1-29-53-47(49-38-24-44(58-4)43(57-3)23-34(38)17-20-55(29)49)36-12-8-10-33(22-36)37-13-14-42(52-27-37)41-28-56-30(2)54-48(35-11-7-9-32(21-35)31-15-18-51-19-16-31)50(56)40-26-46(60-6)45(59-5)25-39(40)41/h7-16,18-19,21-27,41H,17,20,28H2,1-6H3. The summed E-state index contributed by atoms with van der Waals surface area (Å²) < 4.78 is 27.7. The molecule has 0 amide bonds. The SMILES string of the molecule is COc1cc2c(cc1OC)-c1c(-c3cccc(-c4ccc(C5Cn6c(C)nc(-c7cccc(-c8ccncc8)c7)c6-c6cc(OC)c(OC)cc65)nc4)c3)nc(C)n1CC2. The van der Waals surface area contributed by atoms with Crippen molar-refractivity contribution in [3.8, 4) is 90.3 Å². The lowest BCUT2D eigenvalue weighted by Crippen LogP contribution is -2.20. The molecule has 0 spiro atoms. The molecule has 0 N–H and O–H groups in total. The van der Waals surface area contributed by atoms with Crippen LogP contribution < -0.4 is 18.9 Å². The van der Waals surface area contributed by atoms with Crippen molar-refractivity contribution in [2.24, 2.45) is 0 Å². The molecule has 10 nitrogen and oxygen atoms in total. The van der Waals surface area contributed by atoms with E-state index in [-0.39, 0.29) is 5.92 Å². The summed E-state index contributed by atoms with van der Waals surface area (Å²) >= 11 is 0. The predicted octanol–water partition coefficient (Wildman–Crippen LogP) is 10.2. The smallest absolute Gasteiger partial charge is 0.161 e. The second kappa shape index (κ2) is 14.9. The maximum atomic E-state index is 5.87. The third-order valence-corrected chi connectivity index (χ3v) is 12.1. The minimum absolute atomic E-state index is 0.0627. The van der Waals surface area contributed by atoms with Crippen molar-refractivity contribution in [1.29, 1.82) is 0 Å². The van der Waals surface area contributed by atoms with Crippen LogP contribution in [-0.4, -0.2) is 57.5 Å². The third-order valence-electron chi connectivity index (χ3n) is 12.1. The van der Waals surface area contributed by atoms with Crippen LogP contribution in [0.4, 0.5) is 0 Å². The van der Waals surface area contributed by atoms with Crippen LogP contribution in [0.3, 0.4) is 0 Å². The Balaban J connectivity index is 1.02. The Kier molecular flexibility index (Phi) is 9.20. The van der Waals surface area contributed by atoms with Crippen LogP contribution in [0, 0.1) is 13.8 Å². The zero-order chi connectivity index (χ0) is 41.1. The van der Waals surface area contributed by atoms with Crippen molar-refractivity contribution in [3.63, 3.8) is 0 Å². The monoisotopic (exact) mass is 792 g/mol. The Morgan fingerprint density at radius 3 is 1.75 bits per heavy atom. The van der Waals surface area contributed by atoms with E-state index in [1.165, 1.54) is 5.56 Å². The summed E-state index contributed by atoms with van der Waals surface area (Å²) in [6.45, 7) is 5.69. The lowest BCUT2D eigenvalue weighted by Gasteiger charge is -2.29. The van der Waals surface area contributed by atoms with Crippen molar-refractivity contribution >= 4 is 0 Å². The molecule has 6 heterocycles. The van der Waals surface area contributed by atoms with Crippen molar-refractivity contribution in [1.82, 2.24) is 29.1 Å². The van der Waals surface area contributed by atoms with Crippen LogP contribution in [0.1, 0.15) is 34.4 Å². The van der Waals surface area contributed by atoms with Gasteiger partial charge in [0.2, 0.25) is 0 Å². The van der Waals surface area contributed by atoms with Crippen molar-refractivity contribution < 1.29 is 18.9 Å². The average molecular weight is 793 g/mol. The Morgan fingerprint density at radius 1 is 0.550 bits per heavy atom. The fraction of sp³-hybridized carbons (Fsp3) is 0.200. The molecule has 0 fully saturated rings. The fourth-order valence-corrected chi connectivity index (χ4v) is 9.10. The highest BCUT2D eigenvalue weighted by Gasteiger charge is 2.33. The Labute approximate surface area is 349 Å². The number of fused-ring (bicyclic) bond motifs is 6. The van der Waals surface area contributed by atoms with Gasteiger partial charge in [0.1, 0.15) is 11.6 Å². The second-order valence-corrected chi connectivity index (χ2v) is 15.3. The van der Waals surface area contributed by atoms with E-state index in [4.69, 9.17) is 33.9 Å². The number of nitrogens with zero attached hydrogens (tertiary/aromatic N) is 6. The summed E-state index contributed by atoms with van der Waals surface area (Å²) in [6, 6.07) is 33.9. The van der Waals surface area contributed by atoms with Crippen LogP contribution >= 0.6 is 0 Å². The highest BCUT2D eigenvalue weighted by atomic mass is 16.5. The number of benzene rings is 4. The van der Waals surface area contributed by atoms with E-state index < -0.39 is 0 Å². The summed E-state index contributed by atoms with van der Waals surface area (Å²) in [4.78, 5) is 19.7. The minimum atomic E-state index is -0.0627. The second-order valence-electron chi connectivity index (χ2n) is 15.3. The van der Waals surface area contributed by atoms with Gasteiger partial charge in [-0.3, -0.25) is 9.97 Å². The van der Waals surface area contributed by atoms with E-state index in [9.17, 15) is 0 Å². The Morgan fingerprint density at radius 2 is 1.12 bits per heavy atom. The molecule has 60 heavy (non-hydrogen) atoms. The van der Waals surface area contributed by atoms with Gasteiger partial charge < -0.3 is 28.1 Å². The van der Waals surface area contributed by atoms with Gasteiger partial charge in [-0.2, -0.15) is 0 Å². The number of pyridine rings is 2. The number of imidazole rings is 2. The van der Waals surface area contributed by atoms with Crippen molar-refractivity contribution in [2.75, 3.05) is 28.4 Å². The van der Waals surface area contributed by atoms with Crippen LogP contribution in [0.5, 0.6) is 23.0 Å². The van der Waals surface area contributed by atoms with Gasteiger partial charge in [-0.15, -0.1) is 0 Å². The molecule has 4 aromatic carbocycles. The van der Waals surface area contributed by atoms with E-state index in [1.807, 2.05) is 30.7 Å². The molecule has 8 aromatic rings. The number of rotatable bonds is 9. The summed E-state index contributed by atoms with van der Waals surface area (Å²) in [7, 11) is 6.72. The normalized spacial score (nSPS) is 13.8. The number of aryl methyl sites for hydroxylation is 3. The van der Waals surface area contributed by atoms with Gasteiger partial charge in [0, 0.05) is 71.1 Å². The predicted molar refractivity (Wildman–Crippen MR) is 234 cm³/mol. The number of aromatic nitrogens is 6. The third kappa shape index (κ3) is 6.09. The molecule has 1 unspecified atom stereocenters. The highest BCUT2D eigenvalue weighted by Crippen LogP contribution is 2.49. The maximum absolute atomic E-state index is 5.87. The molecule has 0 radical (unpaired) electrons. The first-order chi connectivity index (χ1) is 29.4. The molecule has 2 aliphatic heterocycles.